The molecule has 0 fully saturated rings. The van der Waals surface area contributed by atoms with Crippen LogP contribution in [-0.2, 0) is 0 Å². The van der Waals surface area contributed by atoms with Crippen molar-refractivity contribution in [2.24, 2.45) is 0 Å². The molecule has 0 aliphatic rings. The summed E-state index contributed by atoms with van der Waals surface area (Å²) in [7, 11) is 0. The number of hydrogen-bond donors (Lipinski definition) is 1. The minimum Gasteiger partial charge on any atom is -0.399 e. The van der Waals surface area contributed by atoms with Crippen LogP contribution in [0.3, 0.4) is 0 Å². The van der Waals surface area contributed by atoms with Gasteiger partial charge in [0.15, 0.2) is 5.78 Å². The highest BCUT2D eigenvalue weighted by atomic mass is 79.9. The zero-order chi connectivity index (χ0) is 12.4. The van der Waals surface area contributed by atoms with Crippen LogP contribution in [0.15, 0.2) is 46.9 Å². The van der Waals surface area contributed by atoms with Crippen LogP contribution < -0.4 is 5.73 Å². The standard InChI is InChI=1S/C14H12BrNO/c1-9-12(3-2-4-13(9)15)14(17)10-5-7-11(16)8-6-10/h2-8H,16H2,1H3. The summed E-state index contributed by atoms with van der Waals surface area (Å²) >= 11 is 3.43. The van der Waals surface area contributed by atoms with Gasteiger partial charge in [-0.1, -0.05) is 28.1 Å². The van der Waals surface area contributed by atoms with E-state index in [1.807, 2.05) is 25.1 Å². The zero-order valence-electron chi connectivity index (χ0n) is 9.41. The Morgan fingerprint density at radius 2 is 1.76 bits per heavy atom. The van der Waals surface area contributed by atoms with E-state index in [0.717, 1.165) is 10.0 Å². The van der Waals surface area contributed by atoms with Crippen molar-refractivity contribution in [1.29, 1.82) is 0 Å². The highest BCUT2D eigenvalue weighted by Crippen LogP contribution is 2.22. The Bertz CT molecular complexity index is 561. The number of hydrogen-bond acceptors (Lipinski definition) is 2. The molecule has 0 unspecified atom stereocenters. The molecule has 0 heterocycles. The van der Waals surface area contributed by atoms with Gasteiger partial charge in [-0.25, -0.2) is 0 Å². The summed E-state index contributed by atoms with van der Waals surface area (Å²) in [6.07, 6.45) is 0. The molecule has 0 aliphatic carbocycles. The number of nitrogens with two attached hydrogens (primary N) is 1. The van der Waals surface area contributed by atoms with Gasteiger partial charge in [0.1, 0.15) is 0 Å². The Balaban J connectivity index is 2.44. The SMILES string of the molecule is Cc1c(Br)cccc1C(=O)c1ccc(N)cc1. The Morgan fingerprint density at radius 1 is 1.12 bits per heavy atom. The number of rotatable bonds is 2. The fraction of sp³-hybridized carbons (Fsp3) is 0.0714. The molecule has 2 rings (SSSR count). The van der Waals surface area contributed by atoms with Crippen LogP contribution in [0.2, 0.25) is 0 Å². The van der Waals surface area contributed by atoms with E-state index in [1.54, 1.807) is 24.3 Å². The van der Waals surface area contributed by atoms with Gasteiger partial charge in [-0.05, 0) is 42.8 Å². The third-order valence-electron chi connectivity index (χ3n) is 2.69. The molecular formula is C14H12BrNO. The maximum atomic E-state index is 12.3. The van der Waals surface area contributed by atoms with Crippen LogP contribution in [0.5, 0.6) is 0 Å². The Kier molecular flexibility index (Phi) is 3.29. The van der Waals surface area contributed by atoms with E-state index in [9.17, 15) is 4.79 Å². The molecule has 0 aromatic heterocycles. The van der Waals surface area contributed by atoms with E-state index in [-0.39, 0.29) is 5.78 Å². The second-order valence-electron chi connectivity index (χ2n) is 3.86. The lowest BCUT2D eigenvalue weighted by molar-refractivity contribution is 0.103. The van der Waals surface area contributed by atoms with E-state index >= 15 is 0 Å². The Morgan fingerprint density at radius 3 is 2.41 bits per heavy atom. The molecule has 0 saturated heterocycles. The summed E-state index contributed by atoms with van der Waals surface area (Å²) in [6, 6.07) is 12.6. The molecular weight excluding hydrogens is 278 g/mol. The molecule has 0 saturated carbocycles. The van der Waals surface area contributed by atoms with Crippen molar-refractivity contribution in [2.45, 2.75) is 6.92 Å². The first kappa shape index (κ1) is 11.9. The molecule has 3 heteroatoms. The second-order valence-corrected chi connectivity index (χ2v) is 4.72. The predicted octanol–water partition coefficient (Wildman–Crippen LogP) is 3.57. The molecule has 0 atom stereocenters. The average Bonchev–Trinajstić information content (AvgIpc) is 2.33. The first-order valence-electron chi connectivity index (χ1n) is 5.25. The maximum absolute atomic E-state index is 12.3. The molecule has 17 heavy (non-hydrogen) atoms. The van der Waals surface area contributed by atoms with Crippen molar-refractivity contribution >= 4 is 27.4 Å². The average molecular weight is 290 g/mol. The van der Waals surface area contributed by atoms with Gasteiger partial charge in [-0.15, -0.1) is 0 Å². The monoisotopic (exact) mass is 289 g/mol. The highest BCUT2D eigenvalue weighted by molar-refractivity contribution is 9.10. The van der Waals surface area contributed by atoms with E-state index in [1.165, 1.54) is 0 Å². The third-order valence-corrected chi connectivity index (χ3v) is 3.54. The second kappa shape index (κ2) is 4.72. The van der Waals surface area contributed by atoms with Gasteiger partial charge in [0.05, 0.1) is 0 Å². The van der Waals surface area contributed by atoms with Crippen molar-refractivity contribution in [3.05, 3.63) is 63.6 Å². The van der Waals surface area contributed by atoms with Crippen LogP contribution >= 0.6 is 15.9 Å². The van der Waals surface area contributed by atoms with Crippen molar-refractivity contribution in [3.63, 3.8) is 0 Å². The van der Waals surface area contributed by atoms with Gasteiger partial charge in [0.2, 0.25) is 0 Å². The molecule has 86 valence electrons. The minimum atomic E-state index is 0.0174. The van der Waals surface area contributed by atoms with Crippen LogP contribution in [0, 0.1) is 6.92 Å². The van der Waals surface area contributed by atoms with E-state index < -0.39 is 0 Å². The third kappa shape index (κ3) is 2.39. The van der Waals surface area contributed by atoms with E-state index in [4.69, 9.17) is 5.73 Å². The molecule has 0 radical (unpaired) electrons. The van der Waals surface area contributed by atoms with Gasteiger partial charge < -0.3 is 5.73 Å². The smallest absolute Gasteiger partial charge is 0.193 e. The number of carbonyl (C=O) groups is 1. The lowest BCUT2D eigenvalue weighted by atomic mass is 9.99. The fourth-order valence-electron chi connectivity index (χ4n) is 1.64. The first-order chi connectivity index (χ1) is 8.09. The lowest BCUT2D eigenvalue weighted by Crippen LogP contribution is -2.04. The van der Waals surface area contributed by atoms with Gasteiger partial charge in [-0.3, -0.25) is 4.79 Å². The summed E-state index contributed by atoms with van der Waals surface area (Å²) in [6.45, 7) is 1.93. The van der Waals surface area contributed by atoms with Crippen LogP contribution in [0.1, 0.15) is 21.5 Å². The molecule has 0 spiro atoms. The highest BCUT2D eigenvalue weighted by Gasteiger charge is 2.12. The van der Waals surface area contributed by atoms with Crippen molar-refractivity contribution in [2.75, 3.05) is 5.73 Å². The molecule has 0 bridgehead atoms. The Labute approximate surface area is 109 Å². The van der Waals surface area contributed by atoms with Gasteiger partial charge in [-0.2, -0.15) is 0 Å². The summed E-state index contributed by atoms with van der Waals surface area (Å²) in [5.74, 6) is 0.0174. The van der Waals surface area contributed by atoms with Crippen LogP contribution in [0.4, 0.5) is 5.69 Å². The van der Waals surface area contributed by atoms with Crippen LogP contribution in [0.25, 0.3) is 0 Å². The quantitative estimate of drug-likeness (QED) is 0.678. The van der Waals surface area contributed by atoms with E-state index in [2.05, 4.69) is 15.9 Å². The number of nitrogen functional groups attached to an aromatic ring is 1. The van der Waals surface area contributed by atoms with Crippen molar-refractivity contribution in [1.82, 2.24) is 0 Å². The van der Waals surface area contributed by atoms with Gasteiger partial charge >= 0.3 is 0 Å². The van der Waals surface area contributed by atoms with Crippen LogP contribution in [-0.4, -0.2) is 5.78 Å². The van der Waals surface area contributed by atoms with Crippen molar-refractivity contribution < 1.29 is 4.79 Å². The summed E-state index contributed by atoms with van der Waals surface area (Å²) in [5, 5.41) is 0. The number of benzene rings is 2. The van der Waals surface area contributed by atoms with E-state index in [0.29, 0.717) is 16.8 Å². The number of carbonyl (C=O) groups excluding carboxylic acids is 1. The van der Waals surface area contributed by atoms with Gasteiger partial charge in [0.25, 0.3) is 0 Å². The fourth-order valence-corrected chi connectivity index (χ4v) is 2.01. The molecule has 2 aromatic rings. The normalized spacial score (nSPS) is 10.2. The largest absolute Gasteiger partial charge is 0.399 e. The molecule has 0 aliphatic heterocycles. The summed E-state index contributed by atoms with van der Waals surface area (Å²) in [5.41, 5.74) is 8.58. The number of ketones is 1. The van der Waals surface area contributed by atoms with Crippen molar-refractivity contribution in [3.8, 4) is 0 Å². The molecule has 2 nitrogen and oxygen atoms in total. The lowest BCUT2D eigenvalue weighted by Gasteiger charge is -2.06. The number of halogens is 1. The topological polar surface area (TPSA) is 43.1 Å². The summed E-state index contributed by atoms with van der Waals surface area (Å²) < 4.78 is 0.943. The van der Waals surface area contributed by atoms with Gasteiger partial charge in [0, 0.05) is 21.3 Å². The summed E-state index contributed by atoms with van der Waals surface area (Å²) in [4.78, 5) is 12.3. The zero-order valence-corrected chi connectivity index (χ0v) is 11.0. The Hall–Kier alpha value is -1.61. The minimum absolute atomic E-state index is 0.0174. The molecule has 2 aromatic carbocycles. The maximum Gasteiger partial charge on any atom is 0.193 e. The number of anilines is 1. The predicted molar refractivity (Wildman–Crippen MR) is 73.2 cm³/mol. The molecule has 0 amide bonds. The molecule has 2 N–H and O–H groups in total. The first-order valence-corrected chi connectivity index (χ1v) is 6.04.